The highest BCUT2D eigenvalue weighted by atomic mass is 16.6. The Morgan fingerprint density at radius 1 is 1.40 bits per heavy atom. The molecule has 2 rings (SSSR count). The molecular weight excluding hydrogens is 196 g/mol. The van der Waals surface area contributed by atoms with Crippen molar-refractivity contribution in [2.75, 3.05) is 7.11 Å². The summed E-state index contributed by atoms with van der Waals surface area (Å²) < 4.78 is 9.52. The molecule has 0 amide bonds. The summed E-state index contributed by atoms with van der Waals surface area (Å²) >= 11 is 0. The lowest BCUT2D eigenvalue weighted by molar-refractivity contribution is -0.152. The zero-order chi connectivity index (χ0) is 10.8. The second-order valence-electron chi connectivity index (χ2n) is 3.33. The van der Waals surface area contributed by atoms with Crippen LogP contribution in [-0.4, -0.2) is 19.0 Å². The maximum absolute atomic E-state index is 11.3. The summed E-state index contributed by atoms with van der Waals surface area (Å²) in [5, 5.41) is 0. The van der Waals surface area contributed by atoms with Gasteiger partial charge in [0, 0.05) is 0 Å². The largest absolute Gasteiger partial charge is 0.497 e. The molecule has 1 aliphatic heterocycles. The number of hydrogen-bond donors (Lipinski definition) is 0. The summed E-state index contributed by atoms with van der Waals surface area (Å²) in [6.45, 7) is 0. The molecule has 0 aliphatic carbocycles. The van der Waals surface area contributed by atoms with Crippen LogP contribution in [0.1, 0.15) is 17.9 Å². The molecule has 1 heterocycles. The van der Waals surface area contributed by atoms with Crippen LogP contribution in [0, 0.1) is 0 Å². The van der Waals surface area contributed by atoms with Gasteiger partial charge in [0.2, 0.25) is 0 Å². The molecule has 0 N–H and O–H groups in total. The van der Waals surface area contributed by atoms with E-state index in [1.807, 2.05) is 0 Å². The van der Waals surface area contributed by atoms with Gasteiger partial charge in [-0.1, -0.05) is 12.1 Å². The molecule has 1 atom stereocenters. The zero-order valence-electron chi connectivity index (χ0n) is 8.23. The Morgan fingerprint density at radius 2 is 2.20 bits per heavy atom. The molecule has 4 nitrogen and oxygen atoms in total. The normalized spacial score (nSPS) is 20.2. The highest BCUT2D eigenvalue weighted by Crippen LogP contribution is 2.29. The molecule has 1 aromatic rings. The lowest BCUT2D eigenvalue weighted by Gasteiger charge is -2.06. The molecule has 1 aromatic carbocycles. The first-order chi connectivity index (χ1) is 7.20. The molecule has 0 radical (unpaired) electrons. The van der Waals surface area contributed by atoms with Gasteiger partial charge in [0.25, 0.3) is 0 Å². The van der Waals surface area contributed by atoms with Crippen LogP contribution in [0.15, 0.2) is 24.3 Å². The molecule has 1 saturated heterocycles. The topological polar surface area (TPSA) is 52.6 Å². The van der Waals surface area contributed by atoms with Gasteiger partial charge < -0.3 is 9.47 Å². The molecule has 1 aliphatic rings. The lowest BCUT2D eigenvalue weighted by Crippen LogP contribution is -2.05. The molecule has 0 aromatic heterocycles. The molecule has 0 saturated carbocycles. The average molecular weight is 206 g/mol. The third-order valence-electron chi connectivity index (χ3n) is 2.37. The number of benzene rings is 1. The summed E-state index contributed by atoms with van der Waals surface area (Å²) in [6, 6.07) is 7.09. The summed E-state index contributed by atoms with van der Waals surface area (Å²) in [4.78, 5) is 22.2. The predicted molar refractivity (Wildman–Crippen MR) is 51.5 cm³/mol. The van der Waals surface area contributed by atoms with Gasteiger partial charge in [0.15, 0.2) is 0 Å². The van der Waals surface area contributed by atoms with Crippen molar-refractivity contribution in [1.82, 2.24) is 0 Å². The molecule has 0 spiro atoms. The Morgan fingerprint density at radius 3 is 2.80 bits per heavy atom. The Hall–Kier alpha value is -1.84. The van der Waals surface area contributed by atoms with Crippen LogP contribution in [0.2, 0.25) is 0 Å². The molecule has 4 heteroatoms. The van der Waals surface area contributed by atoms with Gasteiger partial charge in [0.1, 0.15) is 5.75 Å². The minimum absolute atomic E-state index is 0.117. The number of ether oxygens (including phenoxy) is 2. The first-order valence-electron chi connectivity index (χ1n) is 4.59. The van der Waals surface area contributed by atoms with Crippen molar-refractivity contribution in [3.05, 3.63) is 29.8 Å². The van der Waals surface area contributed by atoms with E-state index in [0.29, 0.717) is 5.75 Å². The maximum atomic E-state index is 11.3. The summed E-state index contributed by atoms with van der Waals surface area (Å²) in [6.07, 6.45) is 0.117. The zero-order valence-corrected chi connectivity index (χ0v) is 8.23. The third-order valence-corrected chi connectivity index (χ3v) is 2.37. The van der Waals surface area contributed by atoms with Gasteiger partial charge in [-0.2, -0.15) is 0 Å². The number of hydrogen-bond acceptors (Lipinski definition) is 4. The van der Waals surface area contributed by atoms with E-state index in [0.717, 1.165) is 5.56 Å². The van der Waals surface area contributed by atoms with Crippen molar-refractivity contribution in [1.29, 1.82) is 0 Å². The van der Waals surface area contributed by atoms with Crippen molar-refractivity contribution in [3.8, 4) is 5.75 Å². The number of esters is 2. The van der Waals surface area contributed by atoms with E-state index < -0.39 is 17.9 Å². The fraction of sp³-hybridized carbons (Fsp3) is 0.273. The van der Waals surface area contributed by atoms with Crippen molar-refractivity contribution >= 4 is 11.9 Å². The van der Waals surface area contributed by atoms with E-state index in [4.69, 9.17) is 4.74 Å². The number of rotatable bonds is 2. The third kappa shape index (κ3) is 1.83. The quantitative estimate of drug-likeness (QED) is 0.539. The van der Waals surface area contributed by atoms with E-state index in [1.165, 1.54) is 0 Å². The van der Waals surface area contributed by atoms with E-state index in [1.54, 1.807) is 31.4 Å². The van der Waals surface area contributed by atoms with E-state index >= 15 is 0 Å². The SMILES string of the molecule is COc1cccc([C@@H]2CC(=O)OC2=O)c1. The van der Waals surface area contributed by atoms with Crippen LogP contribution in [0.3, 0.4) is 0 Å². The lowest BCUT2D eigenvalue weighted by atomic mass is 9.98. The fourth-order valence-corrected chi connectivity index (χ4v) is 1.59. The number of carbonyl (C=O) groups is 2. The highest BCUT2D eigenvalue weighted by Gasteiger charge is 2.34. The van der Waals surface area contributed by atoms with Gasteiger partial charge in [0.05, 0.1) is 19.4 Å². The second-order valence-corrected chi connectivity index (χ2v) is 3.33. The Balaban J connectivity index is 2.29. The van der Waals surface area contributed by atoms with Crippen LogP contribution in [-0.2, 0) is 14.3 Å². The first-order valence-corrected chi connectivity index (χ1v) is 4.59. The Kier molecular flexibility index (Phi) is 2.41. The van der Waals surface area contributed by atoms with E-state index in [9.17, 15) is 9.59 Å². The van der Waals surface area contributed by atoms with Gasteiger partial charge in [-0.15, -0.1) is 0 Å². The van der Waals surface area contributed by atoms with Crippen LogP contribution < -0.4 is 4.74 Å². The molecular formula is C11H10O4. The molecule has 0 unspecified atom stereocenters. The second kappa shape index (κ2) is 3.73. The maximum Gasteiger partial charge on any atom is 0.321 e. The minimum Gasteiger partial charge on any atom is -0.497 e. The van der Waals surface area contributed by atoms with Crippen molar-refractivity contribution in [2.45, 2.75) is 12.3 Å². The monoisotopic (exact) mass is 206 g/mol. The number of methoxy groups -OCH3 is 1. The van der Waals surface area contributed by atoms with Crippen molar-refractivity contribution < 1.29 is 19.1 Å². The smallest absolute Gasteiger partial charge is 0.321 e. The summed E-state index contributed by atoms with van der Waals surface area (Å²) in [7, 11) is 1.55. The average Bonchev–Trinajstić information content (AvgIpc) is 2.58. The van der Waals surface area contributed by atoms with Crippen LogP contribution in [0.4, 0.5) is 0 Å². The molecule has 78 valence electrons. The highest BCUT2D eigenvalue weighted by molar-refractivity contribution is 5.97. The first kappa shape index (κ1) is 9.71. The van der Waals surface area contributed by atoms with Gasteiger partial charge in [-0.05, 0) is 17.7 Å². The Bertz CT molecular complexity index is 411. The van der Waals surface area contributed by atoms with Crippen LogP contribution in [0.25, 0.3) is 0 Å². The number of carbonyl (C=O) groups excluding carboxylic acids is 2. The predicted octanol–water partition coefficient (Wildman–Crippen LogP) is 1.25. The summed E-state index contributed by atoms with van der Waals surface area (Å²) in [5.74, 6) is -0.756. The standard InChI is InChI=1S/C11H10O4/c1-14-8-4-2-3-7(5-8)9-6-10(12)15-11(9)13/h2-5,9H,6H2,1H3/t9-/m0/s1. The van der Waals surface area contributed by atoms with E-state index in [-0.39, 0.29) is 6.42 Å². The number of cyclic esters (lactones) is 2. The van der Waals surface area contributed by atoms with Gasteiger partial charge in [-0.3, -0.25) is 9.59 Å². The molecule has 1 fully saturated rings. The van der Waals surface area contributed by atoms with Gasteiger partial charge in [-0.25, -0.2) is 0 Å². The van der Waals surface area contributed by atoms with Crippen molar-refractivity contribution in [3.63, 3.8) is 0 Å². The molecule has 15 heavy (non-hydrogen) atoms. The Labute approximate surface area is 86.8 Å². The summed E-state index contributed by atoms with van der Waals surface area (Å²) in [5.41, 5.74) is 0.755. The van der Waals surface area contributed by atoms with Crippen LogP contribution in [0.5, 0.6) is 5.75 Å². The van der Waals surface area contributed by atoms with Crippen molar-refractivity contribution in [2.24, 2.45) is 0 Å². The van der Waals surface area contributed by atoms with E-state index in [2.05, 4.69) is 4.74 Å². The fourth-order valence-electron chi connectivity index (χ4n) is 1.59. The minimum atomic E-state index is -0.479. The molecule has 0 bridgehead atoms. The van der Waals surface area contributed by atoms with Crippen LogP contribution >= 0.6 is 0 Å². The van der Waals surface area contributed by atoms with Gasteiger partial charge >= 0.3 is 11.9 Å².